The van der Waals surface area contributed by atoms with Crippen LogP contribution in [0.15, 0.2) is 53.4 Å². The summed E-state index contributed by atoms with van der Waals surface area (Å²) in [6.07, 6.45) is -4.46. The lowest BCUT2D eigenvalue weighted by Crippen LogP contribution is -2.19. The maximum Gasteiger partial charge on any atom is 0.416 e. The molecule has 0 radical (unpaired) electrons. The fourth-order valence-electron chi connectivity index (χ4n) is 2.05. The second-order valence-corrected chi connectivity index (χ2v) is 6.32. The van der Waals surface area contributed by atoms with E-state index in [9.17, 15) is 18.0 Å². The molecule has 0 aliphatic carbocycles. The zero-order valence-corrected chi connectivity index (χ0v) is 14.0. The Labute approximate surface area is 142 Å². The van der Waals surface area contributed by atoms with Crippen molar-refractivity contribution in [2.24, 2.45) is 0 Å². The normalized spacial score (nSPS) is 11.2. The molecule has 2 aromatic carbocycles. The number of rotatable bonds is 5. The highest BCUT2D eigenvalue weighted by Gasteiger charge is 2.31. The van der Waals surface area contributed by atoms with Gasteiger partial charge in [0.05, 0.1) is 22.7 Å². The fourth-order valence-corrected chi connectivity index (χ4v) is 2.77. The summed E-state index contributed by atoms with van der Waals surface area (Å²) in [7, 11) is 3.41. The van der Waals surface area contributed by atoms with Crippen LogP contribution in [0.3, 0.4) is 0 Å². The van der Waals surface area contributed by atoms with Crippen LogP contribution in [0.5, 0.6) is 0 Å². The number of carbonyl (C=O) groups is 1. The molecule has 0 aliphatic heterocycles. The largest absolute Gasteiger partial charge is 0.416 e. The topological polar surface area (TPSA) is 32.3 Å². The highest BCUT2D eigenvalue weighted by atomic mass is 32.2. The van der Waals surface area contributed by atoms with Gasteiger partial charge >= 0.3 is 6.18 Å². The van der Waals surface area contributed by atoms with Crippen LogP contribution >= 0.6 is 11.8 Å². The molecule has 1 amide bonds. The van der Waals surface area contributed by atoms with Crippen molar-refractivity contribution in [1.82, 2.24) is 0 Å². The Kier molecular flexibility index (Phi) is 5.77. The van der Waals surface area contributed by atoms with Crippen LogP contribution in [0.2, 0.25) is 0 Å². The Balaban J connectivity index is 2.13. The van der Waals surface area contributed by atoms with Crippen molar-refractivity contribution in [2.45, 2.75) is 11.1 Å². The average Bonchev–Trinajstić information content (AvgIpc) is 2.53. The number of anilines is 2. The van der Waals surface area contributed by atoms with Gasteiger partial charge in [0, 0.05) is 19.0 Å². The minimum absolute atomic E-state index is 0.118. The molecule has 24 heavy (non-hydrogen) atoms. The van der Waals surface area contributed by atoms with Crippen molar-refractivity contribution in [3.8, 4) is 0 Å². The lowest BCUT2D eigenvalue weighted by Gasteiger charge is -2.19. The number of halogens is 3. The van der Waals surface area contributed by atoms with Gasteiger partial charge in [-0.2, -0.15) is 13.2 Å². The van der Waals surface area contributed by atoms with Crippen LogP contribution in [-0.2, 0) is 11.0 Å². The van der Waals surface area contributed by atoms with Crippen LogP contribution in [0.4, 0.5) is 24.5 Å². The van der Waals surface area contributed by atoms with Gasteiger partial charge in [-0.3, -0.25) is 4.79 Å². The first-order valence-corrected chi connectivity index (χ1v) is 8.12. The quantitative estimate of drug-likeness (QED) is 0.803. The standard InChI is InChI=1S/C17H17F3N2OS/c1-22(2)15-9-8-12(17(18,19)20)10-14(15)21-16(23)11-24-13-6-4-3-5-7-13/h3-10H,11H2,1-2H3,(H,21,23). The first-order valence-electron chi connectivity index (χ1n) is 7.13. The van der Waals surface area contributed by atoms with Gasteiger partial charge in [0.15, 0.2) is 0 Å². The number of amides is 1. The van der Waals surface area contributed by atoms with Gasteiger partial charge in [-0.1, -0.05) is 18.2 Å². The first-order chi connectivity index (χ1) is 11.3. The van der Waals surface area contributed by atoms with Crippen LogP contribution in [0.1, 0.15) is 5.56 Å². The molecule has 0 atom stereocenters. The number of benzene rings is 2. The Bertz CT molecular complexity index is 703. The van der Waals surface area contributed by atoms with Gasteiger partial charge in [-0.25, -0.2) is 0 Å². The van der Waals surface area contributed by atoms with E-state index in [2.05, 4.69) is 5.32 Å². The molecule has 0 saturated heterocycles. The molecule has 0 aliphatic rings. The number of hydrogen-bond donors (Lipinski definition) is 1. The summed E-state index contributed by atoms with van der Waals surface area (Å²) in [5, 5.41) is 2.57. The predicted octanol–water partition coefficient (Wildman–Crippen LogP) is 4.50. The lowest BCUT2D eigenvalue weighted by molar-refractivity contribution is -0.137. The molecule has 2 rings (SSSR count). The van der Waals surface area contributed by atoms with Crippen LogP contribution < -0.4 is 10.2 Å². The molecule has 0 spiro atoms. The first kappa shape index (κ1) is 18.2. The van der Waals surface area contributed by atoms with Crippen LogP contribution in [-0.4, -0.2) is 25.8 Å². The molecule has 2 aromatic rings. The number of hydrogen-bond acceptors (Lipinski definition) is 3. The van der Waals surface area contributed by atoms with E-state index in [1.54, 1.807) is 19.0 Å². The van der Waals surface area contributed by atoms with Crippen molar-refractivity contribution in [3.05, 3.63) is 54.1 Å². The van der Waals surface area contributed by atoms with Crippen molar-refractivity contribution in [2.75, 3.05) is 30.1 Å². The highest BCUT2D eigenvalue weighted by Crippen LogP contribution is 2.35. The van der Waals surface area contributed by atoms with Crippen LogP contribution in [0.25, 0.3) is 0 Å². The maximum atomic E-state index is 12.9. The van der Waals surface area contributed by atoms with Gasteiger partial charge in [0.2, 0.25) is 5.91 Å². The molecule has 0 unspecified atom stereocenters. The van der Waals surface area contributed by atoms with Gasteiger partial charge in [0.1, 0.15) is 0 Å². The molecule has 0 aromatic heterocycles. The second kappa shape index (κ2) is 7.61. The SMILES string of the molecule is CN(C)c1ccc(C(F)(F)F)cc1NC(=O)CSc1ccccc1. The van der Waals surface area contributed by atoms with Crippen molar-refractivity contribution in [3.63, 3.8) is 0 Å². The Morgan fingerprint density at radius 1 is 1.12 bits per heavy atom. The molecule has 0 heterocycles. The minimum atomic E-state index is -4.46. The summed E-state index contributed by atoms with van der Waals surface area (Å²) < 4.78 is 38.6. The van der Waals surface area contributed by atoms with E-state index >= 15 is 0 Å². The zero-order valence-electron chi connectivity index (χ0n) is 13.2. The van der Waals surface area contributed by atoms with Gasteiger partial charge < -0.3 is 10.2 Å². The summed E-state index contributed by atoms with van der Waals surface area (Å²) in [5.74, 6) is -0.237. The third kappa shape index (κ3) is 4.92. The smallest absolute Gasteiger partial charge is 0.376 e. The molecule has 128 valence electrons. The molecular formula is C17H17F3N2OS. The number of alkyl halides is 3. The molecule has 0 fully saturated rings. The Morgan fingerprint density at radius 2 is 1.79 bits per heavy atom. The predicted molar refractivity (Wildman–Crippen MR) is 91.6 cm³/mol. The fraction of sp³-hybridized carbons (Fsp3) is 0.235. The minimum Gasteiger partial charge on any atom is -0.376 e. The molecule has 0 saturated carbocycles. The Morgan fingerprint density at radius 3 is 2.38 bits per heavy atom. The number of nitrogens with one attached hydrogen (secondary N) is 1. The third-order valence-corrected chi connectivity index (χ3v) is 4.20. The summed E-state index contributed by atoms with van der Waals surface area (Å²) in [6.45, 7) is 0. The molecule has 7 heteroatoms. The number of nitrogens with zero attached hydrogens (tertiary/aromatic N) is 1. The summed E-state index contributed by atoms with van der Waals surface area (Å²) in [6, 6.07) is 12.6. The van der Waals surface area contributed by atoms with Crippen molar-refractivity contribution in [1.29, 1.82) is 0 Å². The van der Waals surface area contributed by atoms with E-state index in [1.165, 1.54) is 17.8 Å². The second-order valence-electron chi connectivity index (χ2n) is 5.27. The van der Waals surface area contributed by atoms with Crippen LogP contribution in [0, 0.1) is 0 Å². The van der Waals surface area contributed by atoms with E-state index in [1.807, 2.05) is 30.3 Å². The zero-order chi connectivity index (χ0) is 17.7. The van der Waals surface area contributed by atoms with Crippen molar-refractivity contribution < 1.29 is 18.0 Å². The molecule has 0 bridgehead atoms. The van der Waals surface area contributed by atoms with E-state index < -0.39 is 11.7 Å². The Hall–Kier alpha value is -2.15. The third-order valence-electron chi connectivity index (χ3n) is 3.19. The van der Waals surface area contributed by atoms with E-state index in [0.717, 1.165) is 17.0 Å². The summed E-state index contributed by atoms with van der Waals surface area (Å²) in [4.78, 5) is 14.7. The van der Waals surface area contributed by atoms with E-state index in [0.29, 0.717) is 5.69 Å². The summed E-state index contributed by atoms with van der Waals surface area (Å²) >= 11 is 1.32. The number of thioether (sulfide) groups is 1. The maximum absolute atomic E-state index is 12.9. The van der Waals surface area contributed by atoms with E-state index in [4.69, 9.17) is 0 Å². The van der Waals surface area contributed by atoms with Gasteiger partial charge in [-0.15, -0.1) is 11.8 Å². The summed E-state index contributed by atoms with van der Waals surface area (Å²) in [5.41, 5.74) is -0.131. The highest BCUT2D eigenvalue weighted by molar-refractivity contribution is 8.00. The van der Waals surface area contributed by atoms with Crippen molar-refractivity contribution >= 4 is 29.0 Å². The van der Waals surface area contributed by atoms with Gasteiger partial charge in [0.25, 0.3) is 0 Å². The molecule has 3 nitrogen and oxygen atoms in total. The average molecular weight is 354 g/mol. The van der Waals surface area contributed by atoms with Gasteiger partial charge in [-0.05, 0) is 30.3 Å². The monoisotopic (exact) mass is 354 g/mol. The molecule has 1 N–H and O–H groups in total. The van der Waals surface area contributed by atoms with E-state index in [-0.39, 0.29) is 17.3 Å². The number of carbonyl (C=O) groups excluding carboxylic acids is 1. The molecular weight excluding hydrogens is 337 g/mol. The lowest BCUT2D eigenvalue weighted by atomic mass is 10.1.